The molecule has 1 fully saturated rings. The largest absolute Gasteiger partial charge is 0.377 e. The fraction of sp³-hybridized carbons (Fsp3) is 0.889. The molecule has 4 nitrogen and oxygen atoms in total. The Balaban J connectivity index is 2.23. The Morgan fingerprint density at radius 2 is 1.86 bits per heavy atom. The first-order chi connectivity index (χ1) is 6.68. The topological polar surface area (TPSA) is 42.5 Å². The Hall–Kier alpha value is -0.390. The van der Waals surface area contributed by atoms with Gasteiger partial charge in [0, 0.05) is 6.04 Å². The maximum atomic E-state index is 5.34. The monoisotopic (exact) mass is 218 g/mol. The van der Waals surface area contributed by atoms with Gasteiger partial charge in [-0.1, -0.05) is 0 Å². The van der Waals surface area contributed by atoms with Crippen LogP contribution in [0.15, 0.2) is 0 Å². The van der Waals surface area contributed by atoms with Gasteiger partial charge in [-0.3, -0.25) is 0 Å². The van der Waals surface area contributed by atoms with Gasteiger partial charge in [0.2, 0.25) is 0 Å². The fourth-order valence-electron chi connectivity index (χ4n) is 1.19. The Labute approximate surface area is 90.3 Å². The normalized spacial score (nSPS) is 19.1. The molecule has 1 heterocycles. The molecular formula is C9H18N2O2S. The molecule has 0 unspecified atom stereocenters. The number of nitrogens with one attached hydrogen (secondary N) is 2. The zero-order valence-corrected chi connectivity index (χ0v) is 9.52. The van der Waals surface area contributed by atoms with Crippen LogP contribution in [-0.4, -0.2) is 43.6 Å². The summed E-state index contributed by atoms with van der Waals surface area (Å²) in [6, 6.07) is 0.513. The van der Waals surface area contributed by atoms with Crippen molar-refractivity contribution in [3.05, 3.63) is 0 Å². The lowest BCUT2D eigenvalue weighted by Gasteiger charge is -2.19. The van der Waals surface area contributed by atoms with E-state index in [0.717, 1.165) is 0 Å². The number of thiocarbonyl (C=S) groups is 1. The standard InChI is InChI=1S/C9H18N2O2S/c1-7(2)10-9(14)11-8-5-12-3-4-13-6-8/h7-8H,3-6H2,1-2H3,(H2,10,11,14). The summed E-state index contributed by atoms with van der Waals surface area (Å²) < 4.78 is 10.7. The third-order valence-corrected chi connectivity index (χ3v) is 2.00. The molecule has 1 saturated heterocycles. The minimum atomic E-state index is 0.163. The fourth-order valence-corrected chi connectivity index (χ4v) is 1.59. The number of rotatable bonds is 2. The average molecular weight is 218 g/mol. The molecule has 2 N–H and O–H groups in total. The highest BCUT2D eigenvalue weighted by Crippen LogP contribution is 1.94. The van der Waals surface area contributed by atoms with E-state index in [0.29, 0.717) is 37.6 Å². The molecule has 0 amide bonds. The van der Waals surface area contributed by atoms with Gasteiger partial charge in [0.25, 0.3) is 0 Å². The lowest BCUT2D eigenvalue weighted by Crippen LogP contribution is -2.47. The highest BCUT2D eigenvalue weighted by atomic mass is 32.1. The molecule has 0 aliphatic carbocycles. The first kappa shape index (κ1) is 11.7. The molecule has 5 heteroatoms. The second-order valence-electron chi connectivity index (χ2n) is 3.62. The first-order valence-corrected chi connectivity index (χ1v) is 5.32. The van der Waals surface area contributed by atoms with Crippen LogP contribution in [-0.2, 0) is 9.47 Å². The Morgan fingerprint density at radius 3 is 2.36 bits per heavy atom. The first-order valence-electron chi connectivity index (χ1n) is 4.91. The zero-order chi connectivity index (χ0) is 10.4. The van der Waals surface area contributed by atoms with Crippen molar-refractivity contribution < 1.29 is 9.47 Å². The van der Waals surface area contributed by atoms with Crippen LogP contribution < -0.4 is 10.6 Å². The van der Waals surface area contributed by atoms with E-state index in [4.69, 9.17) is 21.7 Å². The van der Waals surface area contributed by atoms with Crippen LogP contribution in [0.25, 0.3) is 0 Å². The third kappa shape index (κ3) is 4.74. The van der Waals surface area contributed by atoms with Crippen LogP contribution in [0.3, 0.4) is 0 Å². The van der Waals surface area contributed by atoms with Gasteiger partial charge in [0.15, 0.2) is 5.11 Å². The maximum Gasteiger partial charge on any atom is 0.166 e. The lowest BCUT2D eigenvalue weighted by molar-refractivity contribution is 0.103. The second-order valence-corrected chi connectivity index (χ2v) is 4.03. The van der Waals surface area contributed by atoms with Gasteiger partial charge in [0.1, 0.15) is 0 Å². The molecule has 1 aliphatic rings. The summed E-state index contributed by atoms with van der Waals surface area (Å²) in [6.07, 6.45) is 0. The van der Waals surface area contributed by atoms with E-state index in [1.54, 1.807) is 0 Å². The quantitative estimate of drug-likeness (QED) is 0.652. The van der Waals surface area contributed by atoms with Gasteiger partial charge in [-0.15, -0.1) is 0 Å². The lowest BCUT2D eigenvalue weighted by atomic mass is 10.3. The third-order valence-electron chi connectivity index (χ3n) is 1.77. The molecule has 0 aromatic heterocycles. The molecular weight excluding hydrogens is 200 g/mol. The van der Waals surface area contributed by atoms with Crippen LogP contribution in [0.4, 0.5) is 0 Å². The van der Waals surface area contributed by atoms with Gasteiger partial charge >= 0.3 is 0 Å². The smallest absolute Gasteiger partial charge is 0.166 e. The van der Waals surface area contributed by atoms with E-state index in [-0.39, 0.29) is 6.04 Å². The van der Waals surface area contributed by atoms with E-state index in [2.05, 4.69) is 10.6 Å². The summed E-state index contributed by atoms with van der Waals surface area (Å²) in [5.41, 5.74) is 0. The minimum Gasteiger partial charge on any atom is -0.377 e. The summed E-state index contributed by atoms with van der Waals surface area (Å²) in [5, 5.41) is 6.95. The van der Waals surface area contributed by atoms with Crippen LogP contribution >= 0.6 is 12.2 Å². The van der Waals surface area contributed by atoms with Crippen molar-refractivity contribution in [1.29, 1.82) is 0 Å². The highest BCUT2D eigenvalue weighted by molar-refractivity contribution is 7.80. The van der Waals surface area contributed by atoms with Crippen LogP contribution in [0, 0.1) is 0 Å². The molecule has 0 aromatic rings. The molecule has 1 rings (SSSR count). The van der Waals surface area contributed by atoms with Crippen LogP contribution in [0.1, 0.15) is 13.8 Å². The van der Waals surface area contributed by atoms with Gasteiger partial charge in [-0.25, -0.2) is 0 Å². The van der Waals surface area contributed by atoms with Gasteiger partial charge in [-0.05, 0) is 26.1 Å². The SMILES string of the molecule is CC(C)NC(=S)NC1COCCOC1. The summed E-state index contributed by atoms with van der Waals surface area (Å²) >= 11 is 5.12. The van der Waals surface area contributed by atoms with E-state index in [1.165, 1.54) is 0 Å². The molecule has 0 saturated carbocycles. The van der Waals surface area contributed by atoms with Crippen LogP contribution in [0.2, 0.25) is 0 Å². The Kier molecular flexibility index (Phi) is 5.14. The molecule has 0 radical (unpaired) electrons. The van der Waals surface area contributed by atoms with Crippen molar-refractivity contribution in [2.75, 3.05) is 26.4 Å². The van der Waals surface area contributed by atoms with Crippen molar-refractivity contribution in [2.45, 2.75) is 25.9 Å². The van der Waals surface area contributed by atoms with Gasteiger partial charge in [0.05, 0.1) is 32.5 Å². The zero-order valence-electron chi connectivity index (χ0n) is 8.71. The number of ether oxygens (including phenoxy) is 2. The molecule has 0 bridgehead atoms. The summed E-state index contributed by atoms with van der Waals surface area (Å²) in [4.78, 5) is 0. The van der Waals surface area contributed by atoms with Crippen molar-refractivity contribution in [3.63, 3.8) is 0 Å². The molecule has 0 aromatic carbocycles. The molecule has 1 aliphatic heterocycles. The summed E-state index contributed by atoms with van der Waals surface area (Å²) in [7, 11) is 0. The number of hydrogen-bond acceptors (Lipinski definition) is 3. The van der Waals surface area contributed by atoms with Crippen molar-refractivity contribution in [3.8, 4) is 0 Å². The highest BCUT2D eigenvalue weighted by Gasteiger charge is 2.13. The van der Waals surface area contributed by atoms with Crippen molar-refractivity contribution >= 4 is 17.3 Å². The van der Waals surface area contributed by atoms with E-state index in [1.807, 2.05) is 13.8 Å². The number of hydrogen-bond donors (Lipinski definition) is 2. The molecule has 0 atom stereocenters. The van der Waals surface area contributed by atoms with Crippen molar-refractivity contribution in [1.82, 2.24) is 10.6 Å². The predicted molar refractivity (Wildman–Crippen MR) is 59.4 cm³/mol. The molecule has 0 spiro atoms. The minimum absolute atomic E-state index is 0.163. The van der Waals surface area contributed by atoms with E-state index in [9.17, 15) is 0 Å². The second kappa shape index (κ2) is 6.16. The Morgan fingerprint density at radius 1 is 1.29 bits per heavy atom. The van der Waals surface area contributed by atoms with E-state index < -0.39 is 0 Å². The van der Waals surface area contributed by atoms with E-state index >= 15 is 0 Å². The summed E-state index contributed by atoms with van der Waals surface area (Å²) in [5.74, 6) is 0. The van der Waals surface area contributed by atoms with Gasteiger partial charge < -0.3 is 20.1 Å². The van der Waals surface area contributed by atoms with Gasteiger partial charge in [-0.2, -0.15) is 0 Å². The molecule has 82 valence electrons. The average Bonchev–Trinajstić information content (AvgIpc) is 2.31. The van der Waals surface area contributed by atoms with Crippen LogP contribution in [0.5, 0.6) is 0 Å². The summed E-state index contributed by atoms with van der Waals surface area (Å²) in [6.45, 7) is 6.74. The maximum absolute atomic E-state index is 5.34. The predicted octanol–water partition coefficient (Wildman–Crippen LogP) is 0.274. The van der Waals surface area contributed by atoms with Crippen molar-refractivity contribution in [2.24, 2.45) is 0 Å². The molecule has 14 heavy (non-hydrogen) atoms. The Bertz CT molecular complexity index is 180.